The van der Waals surface area contributed by atoms with Crippen LogP contribution >= 0.6 is 11.8 Å². The summed E-state index contributed by atoms with van der Waals surface area (Å²) in [6.45, 7) is 0. The second-order valence-corrected chi connectivity index (χ2v) is 3.17. The number of nitrogens with one attached hydrogen (secondary N) is 1. The number of carbonyl (C=O) groups is 1. The van der Waals surface area contributed by atoms with Crippen molar-refractivity contribution < 1.29 is 14.3 Å². The van der Waals surface area contributed by atoms with Crippen molar-refractivity contribution >= 4 is 29.4 Å². The number of ether oxygens (including phenoxy) is 2. The molecule has 3 N–H and O–H groups in total. The molecule has 6 nitrogen and oxygen atoms in total. The third-order valence-corrected chi connectivity index (χ3v) is 2.16. The van der Waals surface area contributed by atoms with E-state index in [0.717, 1.165) is 0 Å². The van der Waals surface area contributed by atoms with E-state index in [1.165, 1.54) is 20.3 Å². The van der Waals surface area contributed by atoms with E-state index in [4.69, 9.17) is 22.2 Å². The monoisotopic (exact) mass is 257 g/mol. The predicted molar refractivity (Wildman–Crippen MR) is 65.4 cm³/mol. The van der Waals surface area contributed by atoms with Crippen molar-refractivity contribution in [3.63, 3.8) is 0 Å². The van der Waals surface area contributed by atoms with Crippen LogP contribution < -0.4 is 15.8 Å². The fraction of sp³-hybridized carbons (Fsp3) is 0.200. The number of halogens is 1. The quantitative estimate of drug-likeness (QED) is 0.485. The summed E-state index contributed by atoms with van der Waals surface area (Å²) in [5.74, 6) is 0.0324. The van der Waals surface area contributed by atoms with Crippen LogP contribution in [0.2, 0.25) is 0 Å². The highest BCUT2D eigenvalue weighted by molar-refractivity contribution is 6.21. The fourth-order valence-electron chi connectivity index (χ4n) is 1.21. The maximum atomic E-state index is 11.3. The van der Waals surface area contributed by atoms with E-state index in [9.17, 15) is 4.79 Å². The van der Waals surface area contributed by atoms with Gasteiger partial charge in [-0.3, -0.25) is 0 Å². The summed E-state index contributed by atoms with van der Waals surface area (Å²) in [4.78, 5) is 11.3. The molecule has 0 unspecified atom stereocenters. The summed E-state index contributed by atoms with van der Waals surface area (Å²) in [5, 5.41) is 2.69. The first-order valence-electron chi connectivity index (χ1n) is 4.60. The zero-order valence-corrected chi connectivity index (χ0v) is 10.1. The number of esters is 1. The minimum absolute atomic E-state index is 0.00742. The third kappa shape index (κ3) is 3.25. The highest BCUT2D eigenvalue weighted by Gasteiger charge is 2.10. The first kappa shape index (κ1) is 13.1. The molecule has 0 bridgehead atoms. The minimum Gasteiger partial charge on any atom is -0.495 e. The van der Waals surface area contributed by atoms with Crippen LogP contribution in [-0.2, 0) is 4.74 Å². The standard InChI is InChI=1S/C10H12ClN3O3/c1-16-8-4-3-6(9(15)17-2)5-7(8)13-10(12)14-11/h3-5H,1-2H3,(H3,12,13,14). The van der Waals surface area contributed by atoms with E-state index in [2.05, 4.69) is 14.6 Å². The van der Waals surface area contributed by atoms with Gasteiger partial charge in [0.2, 0.25) is 5.96 Å². The van der Waals surface area contributed by atoms with Crippen LogP contribution in [0.5, 0.6) is 5.75 Å². The van der Waals surface area contributed by atoms with Crippen molar-refractivity contribution in [2.45, 2.75) is 0 Å². The lowest BCUT2D eigenvalue weighted by molar-refractivity contribution is 0.0601. The van der Waals surface area contributed by atoms with Crippen molar-refractivity contribution in [2.75, 3.05) is 19.5 Å². The summed E-state index contributed by atoms with van der Waals surface area (Å²) in [6.07, 6.45) is 0. The zero-order valence-electron chi connectivity index (χ0n) is 9.36. The number of hydrogen-bond acceptors (Lipinski definition) is 4. The van der Waals surface area contributed by atoms with Gasteiger partial charge < -0.3 is 20.5 Å². The molecular weight excluding hydrogens is 246 g/mol. The molecule has 1 aromatic carbocycles. The van der Waals surface area contributed by atoms with E-state index >= 15 is 0 Å². The number of methoxy groups -OCH3 is 2. The van der Waals surface area contributed by atoms with Crippen molar-refractivity contribution in [1.82, 2.24) is 0 Å². The number of nitrogens with two attached hydrogens (primary N) is 1. The van der Waals surface area contributed by atoms with Crippen LogP contribution in [0.25, 0.3) is 0 Å². The summed E-state index contributed by atoms with van der Waals surface area (Å²) in [7, 11) is 2.79. The maximum absolute atomic E-state index is 11.3. The van der Waals surface area contributed by atoms with Gasteiger partial charge in [-0.1, -0.05) is 0 Å². The van der Waals surface area contributed by atoms with Crippen LogP contribution in [-0.4, -0.2) is 26.1 Å². The largest absolute Gasteiger partial charge is 0.495 e. The highest BCUT2D eigenvalue weighted by Crippen LogP contribution is 2.25. The van der Waals surface area contributed by atoms with E-state index in [0.29, 0.717) is 17.0 Å². The summed E-state index contributed by atoms with van der Waals surface area (Å²) in [5.41, 5.74) is 6.25. The van der Waals surface area contributed by atoms with E-state index in [-0.39, 0.29) is 5.96 Å². The molecule has 17 heavy (non-hydrogen) atoms. The number of benzene rings is 1. The SMILES string of the molecule is COC(=O)c1ccc(OC)c(NC(N)=NCl)c1. The molecule has 1 aromatic rings. The Balaban J connectivity index is 3.10. The van der Waals surface area contributed by atoms with Gasteiger partial charge in [0.15, 0.2) is 0 Å². The van der Waals surface area contributed by atoms with E-state index in [1.807, 2.05) is 0 Å². The average Bonchev–Trinajstić information content (AvgIpc) is 2.37. The Bertz CT molecular complexity index is 448. The fourth-order valence-corrected chi connectivity index (χ4v) is 1.25. The Morgan fingerprint density at radius 3 is 2.71 bits per heavy atom. The van der Waals surface area contributed by atoms with Crippen LogP contribution in [0.1, 0.15) is 10.4 Å². The smallest absolute Gasteiger partial charge is 0.337 e. The van der Waals surface area contributed by atoms with E-state index in [1.54, 1.807) is 12.1 Å². The lowest BCUT2D eigenvalue weighted by Gasteiger charge is -2.11. The molecule has 0 aromatic heterocycles. The Hall–Kier alpha value is -1.95. The highest BCUT2D eigenvalue weighted by atomic mass is 35.5. The van der Waals surface area contributed by atoms with Gasteiger partial charge in [-0.2, -0.15) is 0 Å². The lowest BCUT2D eigenvalue weighted by atomic mass is 10.2. The van der Waals surface area contributed by atoms with Crippen LogP contribution in [0.3, 0.4) is 0 Å². The molecule has 0 heterocycles. The Kier molecular flexibility index (Phi) is 4.59. The van der Waals surface area contributed by atoms with Crippen molar-refractivity contribution in [2.24, 2.45) is 10.2 Å². The Morgan fingerprint density at radius 1 is 1.47 bits per heavy atom. The second kappa shape index (κ2) is 5.95. The summed E-state index contributed by atoms with van der Waals surface area (Å²) in [6, 6.07) is 4.71. The van der Waals surface area contributed by atoms with Crippen molar-refractivity contribution in [1.29, 1.82) is 0 Å². The molecule has 7 heteroatoms. The van der Waals surface area contributed by atoms with Crippen molar-refractivity contribution in [3.05, 3.63) is 23.8 Å². The molecule has 92 valence electrons. The first-order chi connectivity index (χ1) is 8.12. The normalized spacial score (nSPS) is 10.9. The molecule has 0 atom stereocenters. The molecular formula is C10H12ClN3O3. The molecule has 0 aliphatic heterocycles. The molecule has 0 radical (unpaired) electrons. The number of rotatable bonds is 3. The first-order valence-corrected chi connectivity index (χ1v) is 4.94. The summed E-state index contributed by atoms with van der Waals surface area (Å²) < 4.78 is 12.9. The maximum Gasteiger partial charge on any atom is 0.337 e. The average molecular weight is 258 g/mol. The molecule has 0 amide bonds. The Morgan fingerprint density at radius 2 is 2.18 bits per heavy atom. The third-order valence-electron chi connectivity index (χ3n) is 1.97. The van der Waals surface area contributed by atoms with Crippen LogP contribution in [0.15, 0.2) is 22.7 Å². The number of nitrogens with zero attached hydrogens (tertiary/aromatic N) is 1. The minimum atomic E-state index is -0.461. The zero-order chi connectivity index (χ0) is 12.8. The van der Waals surface area contributed by atoms with Crippen molar-refractivity contribution in [3.8, 4) is 5.75 Å². The molecule has 0 aliphatic carbocycles. The number of carbonyl (C=O) groups excluding carboxylic acids is 1. The van der Waals surface area contributed by atoms with E-state index < -0.39 is 5.97 Å². The van der Waals surface area contributed by atoms with Gasteiger partial charge in [0.05, 0.1) is 25.5 Å². The van der Waals surface area contributed by atoms with Gasteiger partial charge >= 0.3 is 5.97 Å². The molecule has 0 saturated heterocycles. The van der Waals surface area contributed by atoms with Crippen LogP contribution in [0, 0.1) is 0 Å². The van der Waals surface area contributed by atoms with Gasteiger partial charge in [0.25, 0.3) is 0 Å². The Labute approximate surface area is 103 Å². The molecule has 0 saturated carbocycles. The van der Waals surface area contributed by atoms with Gasteiger partial charge in [0, 0.05) is 11.8 Å². The predicted octanol–water partition coefficient (Wildman–Crippen LogP) is 1.36. The van der Waals surface area contributed by atoms with Crippen LogP contribution in [0.4, 0.5) is 5.69 Å². The molecule has 0 fully saturated rings. The topological polar surface area (TPSA) is 85.9 Å². The second-order valence-electron chi connectivity index (χ2n) is 3.00. The molecule has 0 spiro atoms. The molecule has 1 rings (SSSR count). The summed E-state index contributed by atoms with van der Waals surface area (Å²) >= 11 is 5.20. The molecule has 0 aliphatic rings. The number of anilines is 1. The van der Waals surface area contributed by atoms with Gasteiger partial charge in [-0.25, -0.2) is 4.79 Å². The van der Waals surface area contributed by atoms with Gasteiger partial charge in [0.1, 0.15) is 5.75 Å². The van der Waals surface area contributed by atoms with Gasteiger partial charge in [-0.05, 0) is 18.2 Å². The number of hydrogen-bond donors (Lipinski definition) is 2. The lowest BCUT2D eigenvalue weighted by Crippen LogP contribution is -2.22. The number of guanidine groups is 1. The van der Waals surface area contributed by atoms with Gasteiger partial charge in [-0.15, -0.1) is 4.51 Å².